The second kappa shape index (κ2) is 11.0. The Hall–Kier alpha value is -3.86. The molecule has 0 fully saturated rings. The van der Waals surface area contributed by atoms with Gasteiger partial charge in [0.15, 0.2) is 21.5 Å². The molecule has 3 heterocycles. The predicted octanol–water partition coefficient (Wildman–Crippen LogP) is 3.55. The number of benzene rings is 1. The fourth-order valence-electron chi connectivity index (χ4n) is 3.89. The van der Waals surface area contributed by atoms with Gasteiger partial charge in [-0.25, -0.2) is 23.4 Å². The molecule has 0 saturated carbocycles. The van der Waals surface area contributed by atoms with Crippen molar-refractivity contribution < 1.29 is 17.9 Å². The van der Waals surface area contributed by atoms with Gasteiger partial charge >= 0.3 is 0 Å². The molecule has 10 nitrogen and oxygen atoms in total. The van der Waals surface area contributed by atoms with Crippen LogP contribution in [0.3, 0.4) is 0 Å². The van der Waals surface area contributed by atoms with Gasteiger partial charge in [0.05, 0.1) is 19.5 Å². The van der Waals surface area contributed by atoms with Gasteiger partial charge in [-0.3, -0.25) is 4.57 Å². The molecule has 3 aromatic heterocycles. The topological polar surface area (TPSA) is 122 Å². The van der Waals surface area contributed by atoms with Crippen molar-refractivity contribution in [3.05, 3.63) is 71.7 Å². The van der Waals surface area contributed by atoms with Gasteiger partial charge in [0.2, 0.25) is 0 Å². The number of nitrogens with zero attached hydrogens (tertiary/aromatic N) is 6. The first-order valence-corrected chi connectivity index (χ1v) is 13.6. The van der Waals surface area contributed by atoms with Crippen molar-refractivity contribution in [2.45, 2.75) is 44.6 Å². The number of methoxy groups -OCH3 is 2. The number of ether oxygens (including phenoxy) is 2. The number of hydrogen-bond acceptors (Lipinski definition) is 9. The van der Waals surface area contributed by atoms with E-state index in [1.807, 2.05) is 32.0 Å². The summed E-state index contributed by atoms with van der Waals surface area (Å²) in [4.78, 5) is 13.2. The first-order chi connectivity index (χ1) is 17.8. The maximum absolute atomic E-state index is 13.5. The normalized spacial score (nSPS) is 12.4. The Balaban J connectivity index is 1.82. The zero-order valence-corrected chi connectivity index (χ0v) is 22.4. The number of pyridine rings is 1. The maximum atomic E-state index is 13.5. The van der Waals surface area contributed by atoms with E-state index in [9.17, 15) is 8.42 Å². The van der Waals surface area contributed by atoms with Crippen LogP contribution >= 0.6 is 0 Å². The van der Waals surface area contributed by atoms with Gasteiger partial charge in [0.25, 0.3) is 0 Å². The fourth-order valence-corrected chi connectivity index (χ4v) is 5.13. The lowest BCUT2D eigenvalue weighted by Gasteiger charge is -2.18. The highest BCUT2D eigenvalue weighted by Crippen LogP contribution is 2.36. The highest BCUT2D eigenvalue weighted by molar-refractivity contribution is 7.91. The molecule has 1 atom stereocenters. The summed E-state index contributed by atoms with van der Waals surface area (Å²) in [5.74, 6) is 1.67. The van der Waals surface area contributed by atoms with Gasteiger partial charge < -0.3 is 9.47 Å². The van der Waals surface area contributed by atoms with E-state index in [4.69, 9.17) is 14.5 Å². The molecule has 0 spiro atoms. The molecular weight excluding hydrogens is 492 g/mol. The highest BCUT2D eigenvalue weighted by Gasteiger charge is 2.29. The Labute approximate surface area is 216 Å². The number of aryl methyl sites for hydroxylation is 2. The molecule has 4 rings (SSSR count). The monoisotopic (exact) mass is 522 g/mol. The molecule has 0 aliphatic carbocycles. The van der Waals surface area contributed by atoms with Crippen molar-refractivity contribution in [2.24, 2.45) is 0 Å². The SMILES string of the molecule is CCc1cccc(-c2nnc(CS(=O)(=O)[C@@H](C)Cc3ncc(C)cn3)n2-c2c(OC)cccc2OC)n1. The summed E-state index contributed by atoms with van der Waals surface area (Å²) in [6, 6.07) is 11.0. The molecule has 0 saturated heterocycles. The quantitative estimate of drug-likeness (QED) is 0.308. The second-order valence-electron chi connectivity index (χ2n) is 8.65. The summed E-state index contributed by atoms with van der Waals surface area (Å²) < 4.78 is 39.9. The molecule has 0 amide bonds. The molecule has 0 aliphatic rings. The zero-order chi connectivity index (χ0) is 26.6. The Bertz CT molecular complexity index is 1460. The van der Waals surface area contributed by atoms with Gasteiger partial charge in [0.1, 0.15) is 34.5 Å². The van der Waals surface area contributed by atoms with E-state index in [-0.39, 0.29) is 18.0 Å². The van der Waals surface area contributed by atoms with Crippen LogP contribution in [-0.2, 0) is 28.4 Å². The van der Waals surface area contributed by atoms with Crippen LogP contribution in [0, 0.1) is 6.92 Å². The molecule has 0 aliphatic heterocycles. The Morgan fingerprint density at radius 3 is 2.24 bits per heavy atom. The zero-order valence-electron chi connectivity index (χ0n) is 21.5. The Morgan fingerprint density at radius 2 is 1.62 bits per heavy atom. The first-order valence-electron chi connectivity index (χ1n) is 11.9. The van der Waals surface area contributed by atoms with Gasteiger partial charge in [-0.15, -0.1) is 10.2 Å². The van der Waals surface area contributed by atoms with Crippen molar-refractivity contribution in [2.75, 3.05) is 14.2 Å². The molecule has 194 valence electrons. The van der Waals surface area contributed by atoms with Crippen LogP contribution in [-0.4, -0.2) is 57.6 Å². The van der Waals surface area contributed by atoms with Crippen LogP contribution in [0.15, 0.2) is 48.8 Å². The third-order valence-electron chi connectivity index (χ3n) is 6.00. The van der Waals surface area contributed by atoms with Crippen LogP contribution in [0.5, 0.6) is 11.5 Å². The summed E-state index contributed by atoms with van der Waals surface area (Å²) in [6.07, 6.45) is 4.27. The average Bonchev–Trinajstić information content (AvgIpc) is 3.31. The predicted molar refractivity (Wildman–Crippen MR) is 140 cm³/mol. The average molecular weight is 523 g/mol. The molecule has 37 heavy (non-hydrogen) atoms. The van der Waals surface area contributed by atoms with Crippen LogP contribution in [0.2, 0.25) is 0 Å². The van der Waals surface area contributed by atoms with Gasteiger partial charge in [-0.1, -0.05) is 19.1 Å². The third-order valence-corrected chi connectivity index (χ3v) is 8.05. The highest BCUT2D eigenvalue weighted by atomic mass is 32.2. The second-order valence-corrected chi connectivity index (χ2v) is 11.1. The van der Waals surface area contributed by atoms with Crippen molar-refractivity contribution in [3.63, 3.8) is 0 Å². The summed E-state index contributed by atoms with van der Waals surface area (Å²) in [7, 11) is -0.598. The summed E-state index contributed by atoms with van der Waals surface area (Å²) in [5.41, 5.74) is 2.84. The smallest absolute Gasteiger partial charge is 0.187 e. The van der Waals surface area contributed by atoms with Gasteiger partial charge in [0, 0.05) is 24.5 Å². The van der Waals surface area contributed by atoms with Crippen LogP contribution in [0.4, 0.5) is 0 Å². The Kier molecular flexibility index (Phi) is 7.82. The molecule has 11 heteroatoms. The minimum atomic E-state index is -3.68. The number of rotatable bonds is 10. The van der Waals surface area contributed by atoms with Crippen molar-refractivity contribution >= 4 is 9.84 Å². The number of sulfone groups is 1. The third kappa shape index (κ3) is 5.61. The minimum absolute atomic E-state index is 0.182. The fraction of sp³-hybridized carbons (Fsp3) is 0.346. The lowest BCUT2D eigenvalue weighted by molar-refractivity contribution is 0.390. The first kappa shape index (κ1) is 26.2. The molecular formula is C26H30N6O4S. The maximum Gasteiger partial charge on any atom is 0.187 e. The van der Waals surface area contributed by atoms with Crippen LogP contribution in [0.25, 0.3) is 17.2 Å². The number of para-hydroxylation sites is 1. The number of hydrogen-bond donors (Lipinski definition) is 0. The van der Waals surface area contributed by atoms with Crippen molar-refractivity contribution in [3.8, 4) is 28.7 Å². The molecule has 0 N–H and O–H groups in total. The largest absolute Gasteiger partial charge is 0.494 e. The van der Waals surface area contributed by atoms with Crippen LogP contribution in [0.1, 0.15) is 36.8 Å². The van der Waals surface area contributed by atoms with E-state index in [1.54, 1.807) is 56.3 Å². The minimum Gasteiger partial charge on any atom is -0.494 e. The Morgan fingerprint density at radius 1 is 0.973 bits per heavy atom. The molecule has 1 aromatic carbocycles. The molecule has 4 aromatic rings. The molecule has 0 bridgehead atoms. The van der Waals surface area contributed by atoms with E-state index in [1.165, 1.54) is 0 Å². The summed E-state index contributed by atoms with van der Waals surface area (Å²) in [5, 5.41) is 7.94. The molecule has 0 radical (unpaired) electrons. The van der Waals surface area contributed by atoms with Gasteiger partial charge in [-0.2, -0.15) is 0 Å². The van der Waals surface area contributed by atoms with E-state index in [0.29, 0.717) is 34.5 Å². The van der Waals surface area contributed by atoms with Crippen molar-refractivity contribution in [1.82, 2.24) is 29.7 Å². The standard InChI is InChI=1S/C26H30N6O4S/c1-6-19-9-7-10-20(29-19)26-31-30-24(32(26)25-21(35-4)11-8-12-22(25)36-5)16-37(33,34)18(3)13-23-27-14-17(2)15-28-23/h7-12,14-15,18H,6,13,16H2,1-5H3/t18-/m0/s1. The van der Waals surface area contributed by atoms with Gasteiger partial charge in [-0.05, 0) is 50.1 Å². The van der Waals surface area contributed by atoms with Crippen LogP contribution < -0.4 is 9.47 Å². The van der Waals surface area contributed by atoms with Crippen molar-refractivity contribution in [1.29, 1.82) is 0 Å². The van der Waals surface area contributed by atoms with E-state index in [0.717, 1.165) is 17.7 Å². The number of aromatic nitrogens is 6. The summed E-state index contributed by atoms with van der Waals surface area (Å²) in [6.45, 7) is 5.54. The summed E-state index contributed by atoms with van der Waals surface area (Å²) >= 11 is 0. The van der Waals surface area contributed by atoms with E-state index < -0.39 is 15.1 Å². The lowest BCUT2D eigenvalue weighted by Crippen LogP contribution is -2.24. The van der Waals surface area contributed by atoms with E-state index >= 15 is 0 Å². The van der Waals surface area contributed by atoms with E-state index in [2.05, 4.69) is 20.2 Å². The molecule has 0 unspecified atom stereocenters. The lowest BCUT2D eigenvalue weighted by atomic mass is 10.2.